The molecule has 0 aliphatic heterocycles. The van der Waals surface area contributed by atoms with Gasteiger partial charge in [-0.1, -0.05) is 149 Å². The maximum absolute atomic E-state index is 6.54. The van der Waals surface area contributed by atoms with Gasteiger partial charge in [-0.05, 0) is 108 Å². The molecule has 0 N–H and O–H groups in total. The van der Waals surface area contributed by atoms with Gasteiger partial charge in [0.1, 0.15) is 34.5 Å². The summed E-state index contributed by atoms with van der Waals surface area (Å²) in [5.41, 5.74) is 6.27. The van der Waals surface area contributed by atoms with E-state index >= 15 is 0 Å². The number of unbranched alkanes of at least 4 members (excludes halogenated alkanes) is 6. The predicted molar refractivity (Wildman–Crippen MR) is 235 cm³/mol. The quantitative estimate of drug-likeness (QED) is 0.0543. The van der Waals surface area contributed by atoms with Crippen LogP contribution < -0.4 is 18.9 Å². The van der Waals surface area contributed by atoms with E-state index in [0.29, 0.717) is 13.2 Å². The Kier molecular flexibility index (Phi) is 15.4. The zero-order chi connectivity index (χ0) is 38.6. The number of benzene rings is 6. The molecule has 0 saturated heterocycles. The molecule has 0 bridgehead atoms. The van der Waals surface area contributed by atoms with Crippen LogP contribution in [0.15, 0.2) is 146 Å². The van der Waals surface area contributed by atoms with Crippen LogP contribution in [0.2, 0.25) is 0 Å². The first-order valence-electron chi connectivity index (χ1n) is 20.2. The Morgan fingerprint density at radius 2 is 0.750 bits per heavy atom. The van der Waals surface area contributed by atoms with Gasteiger partial charge in [-0.15, -0.1) is 0 Å². The minimum Gasteiger partial charge on any atom is -0.493 e. The van der Waals surface area contributed by atoms with Crippen LogP contribution in [0.3, 0.4) is 0 Å². The van der Waals surface area contributed by atoms with Gasteiger partial charge >= 0.3 is 0 Å². The van der Waals surface area contributed by atoms with Gasteiger partial charge in [-0.2, -0.15) is 0 Å². The first kappa shape index (κ1) is 39.7. The Hall–Kier alpha value is -6.00. The van der Waals surface area contributed by atoms with Crippen LogP contribution in [-0.4, -0.2) is 13.2 Å². The molecule has 56 heavy (non-hydrogen) atoms. The number of ether oxygens (including phenoxy) is 4. The van der Waals surface area contributed by atoms with Crippen LogP contribution >= 0.6 is 0 Å². The Morgan fingerprint density at radius 3 is 1.16 bits per heavy atom. The highest BCUT2D eigenvalue weighted by atomic mass is 16.5. The van der Waals surface area contributed by atoms with Crippen molar-refractivity contribution in [2.45, 2.75) is 65.2 Å². The molecule has 0 aliphatic carbocycles. The van der Waals surface area contributed by atoms with E-state index in [1.807, 2.05) is 84.9 Å². The molecule has 0 radical (unpaired) electrons. The monoisotopic (exact) mass is 742 g/mol. The van der Waals surface area contributed by atoms with Crippen LogP contribution in [0, 0.1) is 0 Å². The summed E-state index contributed by atoms with van der Waals surface area (Å²) < 4.78 is 25.3. The fourth-order valence-electron chi connectivity index (χ4n) is 6.39. The fraction of sp³-hybridized carbons (Fsp3) is 0.231. The molecule has 0 amide bonds. The highest BCUT2D eigenvalue weighted by molar-refractivity contribution is 5.83. The normalized spacial score (nSPS) is 11.2. The molecular weight excluding hydrogens is 689 g/mol. The van der Waals surface area contributed by atoms with Crippen molar-refractivity contribution in [3.05, 3.63) is 168 Å². The van der Waals surface area contributed by atoms with Crippen LogP contribution in [-0.2, 0) is 0 Å². The molecular formula is C52H54O4. The Bertz CT molecular complexity index is 1980. The molecule has 0 aliphatic rings. The van der Waals surface area contributed by atoms with Gasteiger partial charge in [0.2, 0.25) is 0 Å². The third-order valence-corrected chi connectivity index (χ3v) is 9.42. The molecule has 0 heterocycles. The summed E-state index contributed by atoms with van der Waals surface area (Å²) >= 11 is 0. The van der Waals surface area contributed by atoms with Gasteiger partial charge in [-0.3, -0.25) is 0 Å². The molecule has 4 nitrogen and oxygen atoms in total. The second-order valence-electron chi connectivity index (χ2n) is 14.0. The summed E-state index contributed by atoms with van der Waals surface area (Å²) in [5.74, 6) is 4.95. The average Bonchev–Trinajstić information content (AvgIpc) is 3.23. The summed E-state index contributed by atoms with van der Waals surface area (Å²) in [6.45, 7) is 5.81. The van der Waals surface area contributed by atoms with E-state index in [-0.39, 0.29) is 0 Å². The van der Waals surface area contributed by atoms with Crippen molar-refractivity contribution < 1.29 is 18.9 Å². The molecule has 0 atom stereocenters. The molecule has 6 aromatic rings. The lowest BCUT2D eigenvalue weighted by molar-refractivity contribution is 0.302. The lowest BCUT2D eigenvalue weighted by atomic mass is 9.98. The van der Waals surface area contributed by atoms with Crippen molar-refractivity contribution in [3.63, 3.8) is 0 Å². The molecule has 0 aromatic heterocycles. The van der Waals surface area contributed by atoms with E-state index in [1.54, 1.807) is 0 Å². The van der Waals surface area contributed by atoms with Gasteiger partial charge in [0.25, 0.3) is 0 Å². The standard InChI is InChI=1S/C52H54O4/c1-3-5-7-15-35-53-51-33-31-43(29-27-41-19-17-25-47(37-41)55-45-21-11-9-12-22-45)39-49(51)50-40-44(32-34-52(50)54-36-16-8-6-4-2)30-28-42-20-18-26-48(38-42)56-46-23-13-10-14-24-46/h9-14,17-34,37-40H,3-8,15-16,35-36H2,1-2H3/b29-27+,30-28+. The van der Waals surface area contributed by atoms with Gasteiger partial charge in [-0.25, -0.2) is 0 Å². The Morgan fingerprint density at radius 1 is 0.357 bits per heavy atom. The zero-order valence-electron chi connectivity index (χ0n) is 32.9. The maximum atomic E-state index is 6.54. The number of hydrogen-bond donors (Lipinski definition) is 0. The van der Waals surface area contributed by atoms with E-state index < -0.39 is 0 Å². The summed E-state index contributed by atoms with van der Waals surface area (Å²) in [6.07, 6.45) is 17.7. The minimum atomic E-state index is 0.671. The lowest BCUT2D eigenvalue weighted by Gasteiger charge is -2.17. The lowest BCUT2D eigenvalue weighted by Crippen LogP contribution is -2.02. The van der Waals surface area contributed by atoms with Gasteiger partial charge in [0.15, 0.2) is 0 Å². The van der Waals surface area contributed by atoms with Gasteiger partial charge in [0.05, 0.1) is 13.2 Å². The minimum absolute atomic E-state index is 0.671. The maximum Gasteiger partial charge on any atom is 0.128 e. The van der Waals surface area contributed by atoms with E-state index in [9.17, 15) is 0 Å². The topological polar surface area (TPSA) is 36.9 Å². The van der Waals surface area contributed by atoms with E-state index in [2.05, 4.69) is 98.8 Å². The number of para-hydroxylation sites is 2. The van der Waals surface area contributed by atoms with Crippen LogP contribution in [0.1, 0.15) is 87.5 Å². The molecule has 0 unspecified atom stereocenters. The van der Waals surface area contributed by atoms with Gasteiger partial charge in [0, 0.05) is 11.1 Å². The molecule has 6 aromatic carbocycles. The molecule has 286 valence electrons. The largest absolute Gasteiger partial charge is 0.493 e. The molecule has 6 rings (SSSR count). The second kappa shape index (κ2) is 21.8. The van der Waals surface area contributed by atoms with Crippen molar-refractivity contribution in [1.29, 1.82) is 0 Å². The average molecular weight is 743 g/mol. The Balaban J connectivity index is 1.30. The summed E-state index contributed by atoms with van der Waals surface area (Å²) in [5, 5.41) is 0. The first-order chi connectivity index (χ1) is 27.7. The van der Waals surface area contributed by atoms with Crippen molar-refractivity contribution in [1.82, 2.24) is 0 Å². The van der Waals surface area contributed by atoms with Crippen molar-refractivity contribution in [3.8, 4) is 45.6 Å². The third kappa shape index (κ3) is 12.5. The Labute approximate surface area is 334 Å². The summed E-state index contributed by atoms with van der Waals surface area (Å²) in [7, 11) is 0. The van der Waals surface area contributed by atoms with E-state index in [4.69, 9.17) is 18.9 Å². The van der Waals surface area contributed by atoms with Crippen LogP contribution in [0.4, 0.5) is 0 Å². The molecule has 4 heteroatoms. The van der Waals surface area contributed by atoms with E-state index in [0.717, 1.165) is 93.6 Å². The fourth-order valence-corrected chi connectivity index (χ4v) is 6.39. The summed E-state index contributed by atoms with van der Waals surface area (Å²) in [4.78, 5) is 0. The first-order valence-corrected chi connectivity index (χ1v) is 20.2. The second-order valence-corrected chi connectivity index (χ2v) is 14.0. The number of hydrogen-bond acceptors (Lipinski definition) is 4. The van der Waals surface area contributed by atoms with Crippen molar-refractivity contribution >= 4 is 24.3 Å². The van der Waals surface area contributed by atoms with Crippen LogP contribution in [0.5, 0.6) is 34.5 Å². The molecule has 0 spiro atoms. The highest BCUT2D eigenvalue weighted by Gasteiger charge is 2.14. The van der Waals surface area contributed by atoms with Crippen LogP contribution in [0.25, 0.3) is 35.4 Å². The van der Waals surface area contributed by atoms with Crippen molar-refractivity contribution in [2.24, 2.45) is 0 Å². The predicted octanol–water partition coefficient (Wildman–Crippen LogP) is 15.2. The zero-order valence-corrected chi connectivity index (χ0v) is 32.9. The third-order valence-electron chi connectivity index (χ3n) is 9.42. The van der Waals surface area contributed by atoms with Gasteiger partial charge < -0.3 is 18.9 Å². The molecule has 0 fully saturated rings. The smallest absolute Gasteiger partial charge is 0.128 e. The summed E-state index contributed by atoms with van der Waals surface area (Å²) in [6, 6.07) is 49.0. The highest BCUT2D eigenvalue weighted by Crippen LogP contribution is 2.39. The SMILES string of the molecule is CCCCCCOc1ccc(/C=C/c2cccc(Oc3ccccc3)c2)cc1-c1cc(/C=C/c2cccc(Oc3ccccc3)c2)ccc1OCCCCCC. The number of rotatable bonds is 21. The van der Waals surface area contributed by atoms with Crippen molar-refractivity contribution in [2.75, 3.05) is 13.2 Å². The van der Waals surface area contributed by atoms with E-state index in [1.165, 1.54) is 25.7 Å². The molecule has 0 saturated carbocycles.